The van der Waals surface area contributed by atoms with Crippen LogP contribution in [0.1, 0.15) is 44.8 Å². The zero-order valence-electron chi connectivity index (χ0n) is 10.1. The summed E-state index contributed by atoms with van der Waals surface area (Å²) >= 11 is 0. The number of nitrogens with zero attached hydrogens (tertiary/aromatic N) is 2. The highest BCUT2D eigenvalue weighted by molar-refractivity contribution is 5.12. The van der Waals surface area contributed by atoms with Gasteiger partial charge in [-0.1, -0.05) is 19.0 Å². The van der Waals surface area contributed by atoms with Crippen LogP contribution in [0.2, 0.25) is 0 Å². The second kappa shape index (κ2) is 4.14. The lowest BCUT2D eigenvalue weighted by Crippen LogP contribution is -2.42. The van der Waals surface area contributed by atoms with E-state index >= 15 is 0 Å². The van der Waals surface area contributed by atoms with Crippen molar-refractivity contribution < 1.29 is 9.26 Å². The number of hydrogen-bond donors (Lipinski definition) is 1. The summed E-state index contributed by atoms with van der Waals surface area (Å²) in [5.74, 6) is 1.69. The highest BCUT2D eigenvalue weighted by Gasteiger charge is 2.44. The van der Waals surface area contributed by atoms with Gasteiger partial charge in [-0.25, -0.2) is 0 Å². The summed E-state index contributed by atoms with van der Waals surface area (Å²) in [7, 11) is 0. The van der Waals surface area contributed by atoms with Gasteiger partial charge in [0.15, 0.2) is 5.82 Å². The van der Waals surface area contributed by atoms with Gasteiger partial charge in [-0.3, -0.25) is 0 Å². The molecule has 0 bridgehead atoms. The number of rotatable bonds is 3. The molecule has 5 nitrogen and oxygen atoms in total. The van der Waals surface area contributed by atoms with E-state index in [0.29, 0.717) is 25.0 Å². The number of aromatic nitrogens is 2. The molecule has 1 aliphatic heterocycles. The van der Waals surface area contributed by atoms with Gasteiger partial charge in [0.1, 0.15) is 0 Å². The molecule has 3 unspecified atom stereocenters. The largest absolute Gasteiger partial charge is 0.379 e. The van der Waals surface area contributed by atoms with E-state index in [1.54, 1.807) is 0 Å². The van der Waals surface area contributed by atoms with Gasteiger partial charge in [-0.2, -0.15) is 4.98 Å². The quantitative estimate of drug-likeness (QED) is 0.836. The molecule has 0 spiro atoms. The van der Waals surface area contributed by atoms with E-state index in [-0.39, 0.29) is 11.5 Å². The van der Waals surface area contributed by atoms with E-state index in [4.69, 9.17) is 15.0 Å². The van der Waals surface area contributed by atoms with Crippen LogP contribution in [0.15, 0.2) is 4.52 Å². The van der Waals surface area contributed by atoms with E-state index < -0.39 is 0 Å². The van der Waals surface area contributed by atoms with Crippen molar-refractivity contribution in [3.05, 3.63) is 11.7 Å². The standard InChI is InChI=1S/C11H19N3O2/c1-4-7(2)9-13-10(16-14-9)11(3)6-15-5-8(11)12/h7-8H,4-6,12H2,1-3H3. The van der Waals surface area contributed by atoms with Crippen LogP contribution in [0.5, 0.6) is 0 Å². The molecule has 0 aromatic carbocycles. The van der Waals surface area contributed by atoms with Gasteiger partial charge >= 0.3 is 0 Å². The fraction of sp³-hybridized carbons (Fsp3) is 0.818. The van der Waals surface area contributed by atoms with Crippen molar-refractivity contribution in [3.63, 3.8) is 0 Å². The second-order valence-electron chi connectivity index (χ2n) is 4.81. The fourth-order valence-electron chi connectivity index (χ4n) is 1.76. The predicted octanol–water partition coefficient (Wildman–Crippen LogP) is 1.20. The van der Waals surface area contributed by atoms with Crippen molar-refractivity contribution in [2.24, 2.45) is 5.73 Å². The SMILES string of the molecule is CCC(C)c1noc(C2(C)COCC2N)n1. The highest BCUT2D eigenvalue weighted by atomic mass is 16.5. The average Bonchev–Trinajstić information content (AvgIpc) is 2.87. The number of nitrogens with two attached hydrogens (primary N) is 1. The third-order valence-electron chi connectivity index (χ3n) is 3.50. The maximum atomic E-state index is 6.01. The second-order valence-corrected chi connectivity index (χ2v) is 4.81. The van der Waals surface area contributed by atoms with Crippen LogP contribution in [-0.2, 0) is 10.2 Å². The molecule has 16 heavy (non-hydrogen) atoms. The smallest absolute Gasteiger partial charge is 0.236 e. The normalized spacial score (nSPS) is 31.9. The Morgan fingerprint density at radius 3 is 2.94 bits per heavy atom. The van der Waals surface area contributed by atoms with Crippen molar-refractivity contribution in [3.8, 4) is 0 Å². The van der Waals surface area contributed by atoms with E-state index in [1.165, 1.54) is 0 Å². The summed E-state index contributed by atoms with van der Waals surface area (Å²) in [6, 6.07) is -0.0715. The van der Waals surface area contributed by atoms with Gasteiger partial charge < -0.3 is 15.0 Å². The van der Waals surface area contributed by atoms with Crippen LogP contribution in [0.3, 0.4) is 0 Å². The van der Waals surface area contributed by atoms with Crippen LogP contribution in [0, 0.1) is 0 Å². The van der Waals surface area contributed by atoms with Gasteiger partial charge in [-0.05, 0) is 13.3 Å². The lowest BCUT2D eigenvalue weighted by molar-refractivity contribution is 0.169. The van der Waals surface area contributed by atoms with E-state index in [9.17, 15) is 0 Å². The molecule has 1 aromatic rings. The Labute approximate surface area is 95.3 Å². The van der Waals surface area contributed by atoms with Gasteiger partial charge in [0, 0.05) is 12.0 Å². The minimum absolute atomic E-state index is 0.0715. The maximum Gasteiger partial charge on any atom is 0.236 e. The average molecular weight is 225 g/mol. The summed E-state index contributed by atoms with van der Waals surface area (Å²) in [6.07, 6.45) is 0.998. The molecule has 2 N–H and O–H groups in total. The Bertz CT molecular complexity index is 366. The summed E-state index contributed by atoms with van der Waals surface area (Å²) in [6.45, 7) is 7.31. The first-order valence-electron chi connectivity index (χ1n) is 5.75. The Kier molecular flexibility index (Phi) is 2.99. The molecule has 0 aliphatic carbocycles. The van der Waals surface area contributed by atoms with Crippen molar-refractivity contribution in [2.75, 3.05) is 13.2 Å². The Balaban J connectivity index is 2.24. The first kappa shape index (κ1) is 11.5. The summed E-state index contributed by atoms with van der Waals surface area (Å²) < 4.78 is 10.7. The molecule has 2 heterocycles. The van der Waals surface area contributed by atoms with Gasteiger partial charge in [-0.15, -0.1) is 0 Å². The van der Waals surface area contributed by atoms with E-state index in [0.717, 1.165) is 12.2 Å². The predicted molar refractivity (Wildman–Crippen MR) is 59.2 cm³/mol. The summed E-state index contributed by atoms with van der Waals surface area (Å²) in [5.41, 5.74) is 5.68. The molecule has 1 aliphatic rings. The highest BCUT2D eigenvalue weighted by Crippen LogP contribution is 2.31. The zero-order valence-corrected chi connectivity index (χ0v) is 10.1. The van der Waals surface area contributed by atoms with Crippen molar-refractivity contribution >= 4 is 0 Å². The molecular formula is C11H19N3O2. The first-order valence-corrected chi connectivity index (χ1v) is 5.75. The Morgan fingerprint density at radius 1 is 1.62 bits per heavy atom. The molecule has 0 amide bonds. The molecule has 1 saturated heterocycles. The lowest BCUT2D eigenvalue weighted by atomic mass is 9.86. The monoisotopic (exact) mass is 225 g/mol. The van der Waals surface area contributed by atoms with E-state index in [1.807, 2.05) is 6.92 Å². The zero-order chi connectivity index (χ0) is 11.8. The molecule has 90 valence electrons. The molecule has 0 saturated carbocycles. The lowest BCUT2D eigenvalue weighted by Gasteiger charge is -2.21. The molecule has 5 heteroatoms. The Hall–Kier alpha value is -0.940. The third-order valence-corrected chi connectivity index (χ3v) is 3.50. The van der Waals surface area contributed by atoms with Gasteiger partial charge in [0.25, 0.3) is 0 Å². The summed E-state index contributed by atoms with van der Waals surface area (Å²) in [4.78, 5) is 4.45. The fourth-order valence-corrected chi connectivity index (χ4v) is 1.76. The molecule has 0 radical (unpaired) electrons. The Morgan fingerprint density at radius 2 is 2.38 bits per heavy atom. The number of hydrogen-bond acceptors (Lipinski definition) is 5. The minimum atomic E-state index is -0.335. The van der Waals surface area contributed by atoms with Crippen molar-refractivity contribution in [2.45, 2.75) is 44.6 Å². The topological polar surface area (TPSA) is 74.2 Å². The van der Waals surface area contributed by atoms with Gasteiger partial charge in [0.2, 0.25) is 5.89 Å². The van der Waals surface area contributed by atoms with Crippen LogP contribution in [-0.4, -0.2) is 29.4 Å². The van der Waals surface area contributed by atoms with Crippen LogP contribution in [0.4, 0.5) is 0 Å². The molecule has 2 rings (SSSR count). The minimum Gasteiger partial charge on any atom is -0.379 e. The van der Waals surface area contributed by atoms with Crippen molar-refractivity contribution in [1.29, 1.82) is 0 Å². The first-order chi connectivity index (χ1) is 7.58. The molecule has 1 fully saturated rings. The van der Waals surface area contributed by atoms with Crippen LogP contribution >= 0.6 is 0 Å². The maximum absolute atomic E-state index is 6.01. The number of ether oxygens (including phenoxy) is 1. The molecule has 1 aromatic heterocycles. The van der Waals surface area contributed by atoms with Gasteiger partial charge in [0.05, 0.1) is 18.6 Å². The van der Waals surface area contributed by atoms with E-state index in [2.05, 4.69) is 24.0 Å². The summed E-state index contributed by atoms with van der Waals surface area (Å²) in [5, 5.41) is 4.01. The van der Waals surface area contributed by atoms with Crippen molar-refractivity contribution in [1.82, 2.24) is 10.1 Å². The van der Waals surface area contributed by atoms with Crippen LogP contribution < -0.4 is 5.73 Å². The molecular weight excluding hydrogens is 206 g/mol. The molecule has 3 atom stereocenters. The third kappa shape index (κ3) is 1.74. The van der Waals surface area contributed by atoms with Crippen LogP contribution in [0.25, 0.3) is 0 Å².